The summed E-state index contributed by atoms with van der Waals surface area (Å²) in [5.74, 6) is -0.360. The Kier molecular flexibility index (Phi) is 6.45. The molecule has 5 heteroatoms. The third-order valence-corrected chi connectivity index (χ3v) is 3.16. The minimum Gasteiger partial charge on any atom is -0.494 e. The Morgan fingerprint density at radius 3 is 2.75 bits per heavy atom. The molecule has 1 amide bonds. The molecule has 0 radical (unpaired) electrons. The maximum Gasteiger partial charge on any atom is 0.222 e. The molecule has 0 bridgehead atoms. The zero-order chi connectivity index (χ0) is 15.1. The number of carbonyl (C=O) groups is 1. The van der Waals surface area contributed by atoms with E-state index in [1.54, 1.807) is 12.1 Å². The number of halogens is 1. The van der Waals surface area contributed by atoms with E-state index in [0.717, 1.165) is 12.8 Å². The molecule has 0 saturated carbocycles. The maximum absolute atomic E-state index is 13.6. The van der Waals surface area contributed by atoms with E-state index in [4.69, 9.17) is 10.5 Å². The van der Waals surface area contributed by atoms with Gasteiger partial charge in [0.2, 0.25) is 5.91 Å². The molecule has 2 atom stereocenters. The van der Waals surface area contributed by atoms with Crippen molar-refractivity contribution in [1.82, 2.24) is 5.32 Å². The Morgan fingerprint density at radius 1 is 1.50 bits per heavy atom. The second-order valence-corrected chi connectivity index (χ2v) is 4.94. The molecule has 112 valence electrons. The normalized spacial score (nSPS) is 13.7. The summed E-state index contributed by atoms with van der Waals surface area (Å²) in [6.07, 6.45) is 2.06. The van der Waals surface area contributed by atoms with E-state index in [2.05, 4.69) is 5.32 Å². The van der Waals surface area contributed by atoms with Gasteiger partial charge in [0.25, 0.3) is 0 Å². The summed E-state index contributed by atoms with van der Waals surface area (Å²) in [5, 5.41) is 2.82. The molecule has 0 aliphatic rings. The fourth-order valence-electron chi connectivity index (χ4n) is 2.05. The lowest BCUT2D eigenvalue weighted by atomic mass is 10.1. The second kappa shape index (κ2) is 7.85. The summed E-state index contributed by atoms with van der Waals surface area (Å²) in [7, 11) is 1.42. The van der Waals surface area contributed by atoms with Crippen LogP contribution < -0.4 is 15.8 Å². The van der Waals surface area contributed by atoms with Gasteiger partial charge in [0.15, 0.2) is 11.6 Å². The number of carbonyl (C=O) groups excluding carboxylic acids is 1. The van der Waals surface area contributed by atoms with Crippen LogP contribution in [0.4, 0.5) is 4.39 Å². The number of nitrogens with two attached hydrogens (primary N) is 1. The molecule has 0 saturated heterocycles. The lowest BCUT2D eigenvalue weighted by Gasteiger charge is -2.17. The van der Waals surface area contributed by atoms with Crippen molar-refractivity contribution in [3.8, 4) is 5.75 Å². The predicted molar refractivity (Wildman–Crippen MR) is 77.0 cm³/mol. The van der Waals surface area contributed by atoms with Crippen molar-refractivity contribution in [2.75, 3.05) is 7.11 Å². The fraction of sp³-hybridized carbons (Fsp3) is 0.533. The van der Waals surface area contributed by atoms with Crippen LogP contribution in [0.25, 0.3) is 0 Å². The zero-order valence-electron chi connectivity index (χ0n) is 12.3. The van der Waals surface area contributed by atoms with E-state index in [1.165, 1.54) is 13.2 Å². The number of amides is 1. The van der Waals surface area contributed by atoms with Crippen molar-refractivity contribution in [1.29, 1.82) is 0 Å². The van der Waals surface area contributed by atoms with Crippen LogP contribution in [0.15, 0.2) is 18.2 Å². The molecule has 2 unspecified atom stereocenters. The molecule has 3 N–H and O–H groups in total. The Balaban J connectivity index is 2.60. The van der Waals surface area contributed by atoms with Gasteiger partial charge in [0.1, 0.15) is 0 Å². The average molecular weight is 282 g/mol. The van der Waals surface area contributed by atoms with Gasteiger partial charge in [0.05, 0.1) is 13.2 Å². The summed E-state index contributed by atoms with van der Waals surface area (Å²) < 4.78 is 18.5. The van der Waals surface area contributed by atoms with Gasteiger partial charge in [0, 0.05) is 12.5 Å². The lowest BCUT2D eigenvalue weighted by molar-refractivity contribution is -0.122. The maximum atomic E-state index is 13.6. The number of hydrogen-bond acceptors (Lipinski definition) is 3. The van der Waals surface area contributed by atoms with Crippen LogP contribution in [0.5, 0.6) is 5.75 Å². The Bertz CT molecular complexity index is 451. The molecule has 20 heavy (non-hydrogen) atoms. The molecule has 1 aromatic carbocycles. The van der Waals surface area contributed by atoms with Crippen molar-refractivity contribution in [3.63, 3.8) is 0 Å². The standard InChI is InChI=1S/C15H23FN2O2/c1-4-5-12(17)9-15(19)18-10(2)11-6-7-14(20-3)13(16)8-11/h6-8,10,12H,4-5,9,17H2,1-3H3,(H,18,19). The van der Waals surface area contributed by atoms with Crippen molar-refractivity contribution >= 4 is 5.91 Å². The van der Waals surface area contributed by atoms with Crippen LogP contribution in [-0.2, 0) is 4.79 Å². The van der Waals surface area contributed by atoms with Gasteiger partial charge >= 0.3 is 0 Å². The van der Waals surface area contributed by atoms with Gasteiger partial charge < -0.3 is 15.8 Å². The smallest absolute Gasteiger partial charge is 0.222 e. The highest BCUT2D eigenvalue weighted by molar-refractivity contribution is 5.77. The third-order valence-electron chi connectivity index (χ3n) is 3.16. The highest BCUT2D eigenvalue weighted by atomic mass is 19.1. The average Bonchev–Trinajstić information content (AvgIpc) is 2.38. The Hall–Kier alpha value is -1.62. The van der Waals surface area contributed by atoms with E-state index in [-0.39, 0.29) is 30.2 Å². The number of ether oxygens (including phenoxy) is 1. The minimum absolute atomic E-state index is 0.116. The number of hydrogen-bond donors (Lipinski definition) is 2. The molecule has 1 aromatic rings. The zero-order valence-corrected chi connectivity index (χ0v) is 12.3. The van der Waals surface area contributed by atoms with Gasteiger partial charge in [-0.1, -0.05) is 19.4 Å². The first-order valence-corrected chi connectivity index (χ1v) is 6.86. The van der Waals surface area contributed by atoms with Crippen molar-refractivity contribution < 1.29 is 13.9 Å². The highest BCUT2D eigenvalue weighted by Gasteiger charge is 2.14. The van der Waals surface area contributed by atoms with E-state index >= 15 is 0 Å². The third kappa shape index (κ3) is 4.81. The van der Waals surface area contributed by atoms with Gasteiger partial charge in [-0.2, -0.15) is 0 Å². The van der Waals surface area contributed by atoms with Gasteiger partial charge in [-0.25, -0.2) is 4.39 Å². The first-order valence-electron chi connectivity index (χ1n) is 6.86. The van der Waals surface area contributed by atoms with Crippen molar-refractivity contribution in [2.24, 2.45) is 5.73 Å². The van der Waals surface area contributed by atoms with Gasteiger partial charge in [-0.15, -0.1) is 0 Å². The van der Waals surface area contributed by atoms with E-state index in [0.29, 0.717) is 5.56 Å². The summed E-state index contributed by atoms with van der Waals surface area (Å²) in [6, 6.07) is 4.27. The van der Waals surface area contributed by atoms with Gasteiger partial charge in [-0.3, -0.25) is 4.79 Å². The molecule has 0 aliphatic heterocycles. The number of methoxy groups -OCH3 is 1. The fourth-order valence-corrected chi connectivity index (χ4v) is 2.05. The van der Waals surface area contributed by atoms with Crippen molar-refractivity contribution in [3.05, 3.63) is 29.6 Å². The summed E-state index contributed by atoms with van der Waals surface area (Å²) >= 11 is 0. The summed E-state index contributed by atoms with van der Waals surface area (Å²) in [5.41, 5.74) is 6.52. The first-order chi connectivity index (χ1) is 9.47. The molecule has 4 nitrogen and oxygen atoms in total. The molecule has 0 fully saturated rings. The minimum atomic E-state index is -0.436. The SMILES string of the molecule is CCCC(N)CC(=O)NC(C)c1ccc(OC)c(F)c1. The monoisotopic (exact) mass is 282 g/mol. The number of benzene rings is 1. The van der Waals surface area contributed by atoms with E-state index < -0.39 is 5.82 Å². The van der Waals surface area contributed by atoms with Crippen LogP contribution in [0.1, 0.15) is 44.7 Å². The molecular weight excluding hydrogens is 259 g/mol. The van der Waals surface area contributed by atoms with Crippen molar-refractivity contribution in [2.45, 2.75) is 45.2 Å². The first kappa shape index (κ1) is 16.4. The topological polar surface area (TPSA) is 64.4 Å². The molecule has 0 aliphatic carbocycles. The molecule has 1 rings (SSSR count). The summed E-state index contributed by atoms with van der Waals surface area (Å²) in [6.45, 7) is 3.84. The van der Waals surface area contributed by atoms with Crippen LogP contribution in [0.3, 0.4) is 0 Å². The Labute approximate surface area is 119 Å². The lowest BCUT2D eigenvalue weighted by Crippen LogP contribution is -2.33. The number of nitrogens with one attached hydrogen (secondary N) is 1. The van der Waals surface area contributed by atoms with Gasteiger partial charge in [-0.05, 0) is 31.0 Å². The van der Waals surface area contributed by atoms with Crippen LogP contribution in [0.2, 0.25) is 0 Å². The molecule has 0 heterocycles. The van der Waals surface area contributed by atoms with E-state index in [9.17, 15) is 9.18 Å². The van der Waals surface area contributed by atoms with Crippen LogP contribution in [0, 0.1) is 5.82 Å². The molecule has 0 aromatic heterocycles. The van der Waals surface area contributed by atoms with Crippen LogP contribution in [-0.4, -0.2) is 19.1 Å². The highest BCUT2D eigenvalue weighted by Crippen LogP contribution is 2.21. The predicted octanol–water partition coefficient (Wildman–Crippen LogP) is 2.53. The largest absolute Gasteiger partial charge is 0.494 e. The van der Waals surface area contributed by atoms with E-state index in [1.807, 2.05) is 13.8 Å². The summed E-state index contributed by atoms with van der Waals surface area (Å²) in [4.78, 5) is 11.8. The Morgan fingerprint density at radius 2 is 2.20 bits per heavy atom. The quantitative estimate of drug-likeness (QED) is 0.807. The van der Waals surface area contributed by atoms with Crippen LogP contribution >= 0.6 is 0 Å². The molecule has 0 spiro atoms. The second-order valence-electron chi connectivity index (χ2n) is 4.94. The molecular formula is C15H23FN2O2. The number of rotatable bonds is 7.